The quantitative estimate of drug-likeness (QED) is 0.939. The number of para-hydroxylation sites is 2. The van der Waals surface area contributed by atoms with Crippen LogP contribution in [0.2, 0.25) is 0 Å². The van der Waals surface area contributed by atoms with E-state index in [-0.39, 0.29) is 0 Å². The van der Waals surface area contributed by atoms with Crippen molar-refractivity contribution in [2.24, 2.45) is 0 Å². The molecule has 5 nitrogen and oxygen atoms in total. The molecule has 0 radical (unpaired) electrons. The highest BCUT2D eigenvalue weighted by atomic mass is 16.5. The molecule has 0 amide bonds. The highest BCUT2D eigenvalue weighted by molar-refractivity contribution is 5.43. The Hall–Kier alpha value is -2.01. The van der Waals surface area contributed by atoms with E-state index in [0.717, 1.165) is 36.7 Å². The maximum atomic E-state index is 5.97. The molecule has 3 rings (SSSR count). The van der Waals surface area contributed by atoms with Crippen LogP contribution in [0.25, 0.3) is 0 Å². The lowest BCUT2D eigenvalue weighted by molar-refractivity contribution is 0.339. The van der Waals surface area contributed by atoms with E-state index in [2.05, 4.69) is 15.1 Å². The van der Waals surface area contributed by atoms with Crippen molar-refractivity contribution in [3.8, 4) is 17.2 Å². The van der Waals surface area contributed by atoms with Crippen LogP contribution in [0, 0.1) is 6.92 Å². The zero-order chi connectivity index (χ0) is 14.7. The molecule has 1 atom stereocenters. The fraction of sp³-hybridized carbons (Fsp3) is 0.438. The topological polar surface area (TPSA) is 48.3 Å². The van der Waals surface area contributed by atoms with Gasteiger partial charge in [0.1, 0.15) is 0 Å². The van der Waals surface area contributed by atoms with Crippen molar-refractivity contribution in [3.05, 3.63) is 36.2 Å². The average Bonchev–Trinajstić information content (AvgIpc) is 2.90. The van der Waals surface area contributed by atoms with Crippen molar-refractivity contribution in [2.75, 3.05) is 20.2 Å². The van der Waals surface area contributed by atoms with Crippen LogP contribution in [0.5, 0.6) is 17.2 Å². The van der Waals surface area contributed by atoms with Crippen molar-refractivity contribution in [2.45, 2.75) is 25.8 Å². The SMILES string of the molecule is COc1ccccc1Oc1cnn(C2CCCNC2)c1C. The van der Waals surface area contributed by atoms with Crippen molar-refractivity contribution in [3.63, 3.8) is 0 Å². The molecule has 21 heavy (non-hydrogen) atoms. The highest BCUT2D eigenvalue weighted by Crippen LogP contribution is 2.33. The number of rotatable bonds is 4. The second-order valence-corrected chi connectivity index (χ2v) is 5.29. The summed E-state index contributed by atoms with van der Waals surface area (Å²) in [7, 11) is 1.65. The fourth-order valence-corrected chi connectivity index (χ4v) is 2.74. The molecule has 112 valence electrons. The van der Waals surface area contributed by atoms with Gasteiger partial charge >= 0.3 is 0 Å². The molecule has 0 bridgehead atoms. The van der Waals surface area contributed by atoms with Gasteiger partial charge in [0.2, 0.25) is 0 Å². The summed E-state index contributed by atoms with van der Waals surface area (Å²) >= 11 is 0. The monoisotopic (exact) mass is 287 g/mol. The molecular formula is C16H21N3O2. The van der Waals surface area contributed by atoms with Crippen LogP contribution in [0.3, 0.4) is 0 Å². The number of aromatic nitrogens is 2. The maximum absolute atomic E-state index is 5.97. The molecule has 1 aliphatic heterocycles. The predicted molar refractivity (Wildman–Crippen MR) is 81.2 cm³/mol. The lowest BCUT2D eigenvalue weighted by Gasteiger charge is -2.24. The third kappa shape index (κ3) is 2.88. The van der Waals surface area contributed by atoms with Gasteiger partial charge in [-0.25, -0.2) is 0 Å². The van der Waals surface area contributed by atoms with E-state index < -0.39 is 0 Å². The number of nitrogens with zero attached hydrogens (tertiary/aromatic N) is 2. The Morgan fingerprint density at radius 3 is 2.76 bits per heavy atom. The molecule has 1 N–H and O–H groups in total. The van der Waals surface area contributed by atoms with E-state index in [1.54, 1.807) is 13.3 Å². The molecular weight excluding hydrogens is 266 g/mol. The summed E-state index contributed by atoms with van der Waals surface area (Å²) in [6.07, 6.45) is 4.13. The molecule has 0 spiro atoms. The number of methoxy groups -OCH3 is 1. The van der Waals surface area contributed by atoms with E-state index >= 15 is 0 Å². The summed E-state index contributed by atoms with van der Waals surface area (Å²) in [5.74, 6) is 2.22. The number of ether oxygens (including phenoxy) is 2. The molecule has 1 saturated heterocycles. The smallest absolute Gasteiger partial charge is 0.169 e. The summed E-state index contributed by atoms with van der Waals surface area (Å²) in [5, 5.41) is 7.92. The van der Waals surface area contributed by atoms with Gasteiger partial charge in [0.25, 0.3) is 0 Å². The average molecular weight is 287 g/mol. The minimum absolute atomic E-state index is 0.411. The van der Waals surface area contributed by atoms with Crippen molar-refractivity contribution in [1.29, 1.82) is 0 Å². The van der Waals surface area contributed by atoms with E-state index in [0.29, 0.717) is 11.8 Å². The summed E-state index contributed by atoms with van der Waals surface area (Å²) in [6, 6.07) is 8.06. The van der Waals surface area contributed by atoms with E-state index in [1.165, 1.54) is 6.42 Å². The zero-order valence-corrected chi connectivity index (χ0v) is 12.5. The minimum atomic E-state index is 0.411. The molecule has 0 aliphatic carbocycles. The number of nitrogens with one attached hydrogen (secondary N) is 1. The van der Waals surface area contributed by atoms with Crippen molar-refractivity contribution >= 4 is 0 Å². The molecule has 1 unspecified atom stereocenters. The van der Waals surface area contributed by atoms with Gasteiger partial charge in [-0.3, -0.25) is 4.68 Å². The van der Waals surface area contributed by atoms with Crippen LogP contribution in [0.4, 0.5) is 0 Å². The van der Waals surface area contributed by atoms with Gasteiger partial charge in [0.15, 0.2) is 17.2 Å². The Labute approximate surface area is 124 Å². The predicted octanol–water partition coefficient (Wildman–Crippen LogP) is 2.92. The van der Waals surface area contributed by atoms with Gasteiger partial charge in [-0.1, -0.05) is 12.1 Å². The lowest BCUT2D eigenvalue weighted by Crippen LogP contribution is -2.32. The van der Waals surface area contributed by atoms with Crippen molar-refractivity contribution < 1.29 is 9.47 Å². The minimum Gasteiger partial charge on any atom is -0.493 e. The van der Waals surface area contributed by atoms with E-state index in [9.17, 15) is 0 Å². The highest BCUT2D eigenvalue weighted by Gasteiger charge is 2.20. The van der Waals surface area contributed by atoms with Crippen LogP contribution in [-0.4, -0.2) is 30.0 Å². The first-order valence-electron chi connectivity index (χ1n) is 7.35. The summed E-state index contributed by atoms with van der Waals surface area (Å²) in [4.78, 5) is 0. The van der Waals surface area contributed by atoms with E-state index in [4.69, 9.17) is 9.47 Å². The number of benzene rings is 1. The maximum Gasteiger partial charge on any atom is 0.169 e. The fourth-order valence-electron chi connectivity index (χ4n) is 2.74. The molecule has 1 aromatic carbocycles. The van der Waals surface area contributed by atoms with Gasteiger partial charge in [0, 0.05) is 6.54 Å². The molecule has 1 aromatic heterocycles. The summed E-state index contributed by atoms with van der Waals surface area (Å²) in [6.45, 7) is 4.12. The summed E-state index contributed by atoms with van der Waals surface area (Å²) < 4.78 is 13.4. The second kappa shape index (κ2) is 6.18. The van der Waals surface area contributed by atoms with Crippen LogP contribution in [-0.2, 0) is 0 Å². The third-order valence-electron chi connectivity index (χ3n) is 3.91. The van der Waals surface area contributed by atoms with Crippen LogP contribution < -0.4 is 14.8 Å². The zero-order valence-electron chi connectivity index (χ0n) is 12.5. The Morgan fingerprint density at radius 2 is 2.05 bits per heavy atom. The van der Waals surface area contributed by atoms with Crippen LogP contribution in [0.15, 0.2) is 30.5 Å². The van der Waals surface area contributed by atoms with Gasteiger partial charge in [0.05, 0.1) is 25.0 Å². The van der Waals surface area contributed by atoms with Gasteiger partial charge in [-0.05, 0) is 38.4 Å². The normalized spacial score (nSPS) is 18.5. The Morgan fingerprint density at radius 1 is 1.24 bits per heavy atom. The standard InChI is InChI=1S/C16H21N3O2/c1-12-16(21-15-8-4-3-7-14(15)20-2)11-18-19(12)13-6-5-9-17-10-13/h3-4,7-8,11,13,17H,5-6,9-10H2,1-2H3. The number of hydrogen-bond donors (Lipinski definition) is 1. The first-order valence-corrected chi connectivity index (χ1v) is 7.35. The van der Waals surface area contributed by atoms with Gasteiger partial charge in [-0.2, -0.15) is 5.10 Å². The number of piperidine rings is 1. The lowest BCUT2D eigenvalue weighted by atomic mass is 10.1. The van der Waals surface area contributed by atoms with E-state index in [1.807, 2.05) is 31.2 Å². The van der Waals surface area contributed by atoms with Crippen LogP contribution >= 0.6 is 0 Å². The van der Waals surface area contributed by atoms with Gasteiger partial charge < -0.3 is 14.8 Å². The molecule has 5 heteroatoms. The van der Waals surface area contributed by atoms with Gasteiger partial charge in [-0.15, -0.1) is 0 Å². The molecule has 2 heterocycles. The molecule has 1 aliphatic rings. The first kappa shape index (κ1) is 13.9. The Kier molecular flexibility index (Phi) is 4.10. The number of hydrogen-bond acceptors (Lipinski definition) is 4. The molecule has 2 aromatic rings. The largest absolute Gasteiger partial charge is 0.493 e. The van der Waals surface area contributed by atoms with Crippen LogP contribution in [0.1, 0.15) is 24.6 Å². The van der Waals surface area contributed by atoms with Crippen molar-refractivity contribution in [1.82, 2.24) is 15.1 Å². The Bertz CT molecular complexity index is 603. The molecule has 1 fully saturated rings. The second-order valence-electron chi connectivity index (χ2n) is 5.29. The Balaban J connectivity index is 1.82. The summed E-state index contributed by atoms with van der Waals surface area (Å²) in [5.41, 5.74) is 1.05. The first-order chi connectivity index (χ1) is 10.3. The molecule has 0 saturated carbocycles. The third-order valence-corrected chi connectivity index (χ3v) is 3.91.